The number of amides is 2. The van der Waals surface area contributed by atoms with Crippen LogP contribution in [-0.2, 0) is 14.4 Å². The van der Waals surface area contributed by atoms with Gasteiger partial charge < -0.3 is 20.6 Å². The minimum atomic E-state index is -1.01. The average molecular weight is 398 g/mol. The summed E-state index contributed by atoms with van der Waals surface area (Å²) in [5, 5.41) is 15.2. The van der Waals surface area contributed by atoms with E-state index in [-0.39, 0.29) is 35.3 Å². The van der Waals surface area contributed by atoms with Crippen molar-refractivity contribution in [1.82, 2.24) is 15.5 Å². The fourth-order valence-electron chi connectivity index (χ4n) is 3.28. The first-order valence-corrected chi connectivity index (χ1v) is 10.1. The Hall–Kier alpha value is -1.89. The van der Waals surface area contributed by atoms with Crippen LogP contribution in [0.25, 0.3) is 0 Å². The summed E-state index contributed by atoms with van der Waals surface area (Å²) < 4.78 is 0. The summed E-state index contributed by atoms with van der Waals surface area (Å²) in [6.45, 7) is 13.0. The number of hydrogen-bond donors (Lipinski definition) is 3. The first kappa shape index (κ1) is 26.1. The van der Waals surface area contributed by atoms with Gasteiger partial charge in [-0.25, -0.2) is 4.79 Å². The molecule has 0 saturated heterocycles. The molecule has 0 heterocycles. The Bertz CT molecular complexity index is 572. The number of hydrogen-bond acceptors (Lipinski definition) is 4. The molecule has 28 heavy (non-hydrogen) atoms. The Kier molecular flexibility index (Phi) is 10.4. The molecule has 0 radical (unpaired) electrons. The minimum absolute atomic E-state index is 0.0226. The second-order valence-electron chi connectivity index (χ2n) is 8.07. The number of carbonyl (C=O) groups is 3. The van der Waals surface area contributed by atoms with Gasteiger partial charge >= 0.3 is 5.97 Å². The Morgan fingerprint density at radius 3 is 1.89 bits per heavy atom. The third-order valence-corrected chi connectivity index (χ3v) is 5.58. The molecule has 3 N–H and O–H groups in total. The van der Waals surface area contributed by atoms with Crippen LogP contribution in [0.15, 0.2) is 11.6 Å². The van der Waals surface area contributed by atoms with Crippen molar-refractivity contribution in [2.24, 2.45) is 11.8 Å². The van der Waals surface area contributed by atoms with Gasteiger partial charge in [0.25, 0.3) is 0 Å². The maximum Gasteiger partial charge on any atom is 0.331 e. The third kappa shape index (κ3) is 6.33. The normalized spacial score (nSPS) is 14.8. The molecule has 0 fully saturated rings. The lowest BCUT2D eigenvalue weighted by Crippen LogP contribution is -2.61. The number of carboxylic acid groups (broad SMARTS) is 1. The molecule has 7 nitrogen and oxygen atoms in total. The van der Waals surface area contributed by atoms with E-state index >= 15 is 0 Å². The van der Waals surface area contributed by atoms with Crippen molar-refractivity contribution in [3.63, 3.8) is 0 Å². The molecular formula is C21H39N3O4. The van der Waals surface area contributed by atoms with E-state index < -0.39 is 17.6 Å². The monoisotopic (exact) mass is 397 g/mol. The summed E-state index contributed by atoms with van der Waals surface area (Å²) in [6, 6.07) is -1.07. The Balaban J connectivity index is 5.73. The molecule has 0 aromatic rings. The van der Waals surface area contributed by atoms with E-state index in [0.717, 1.165) is 0 Å². The molecule has 0 spiro atoms. The van der Waals surface area contributed by atoms with Gasteiger partial charge in [0.15, 0.2) is 0 Å². The van der Waals surface area contributed by atoms with E-state index in [1.807, 2.05) is 41.5 Å². The van der Waals surface area contributed by atoms with Crippen molar-refractivity contribution < 1.29 is 19.5 Å². The van der Waals surface area contributed by atoms with Crippen LogP contribution < -0.4 is 10.6 Å². The second kappa shape index (κ2) is 11.2. The average Bonchev–Trinajstić information content (AvgIpc) is 2.63. The quantitative estimate of drug-likeness (QED) is 0.465. The first-order chi connectivity index (χ1) is 12.9. The molecule has 2 atom stereocenters. The van der Waals surface area contributed by atoms with Crippen molar-refractivity contribution in [3.05, 3.63) is 11.6 Å². The molecule has 0 rings (SSSR count). The largest absolute Gasteiger partial charge is 0.478 e. The highest BCUT2D eigenvalue weighted by atomic mass is 16.4. The van der Waals surface area contributed by atoms with E-state index in [2.05, 4.69) is 10.6 Å². The van der Waals surface area contributed by atoms with E-state index in [1.165, 1.54) is 6.92 Å². The number of likely N-dealkylation sites (N-methyl/N-ethyl adjacent to an activating group) is 2. The highest BCUT2D eigenvalue weighted by Gasteiger charge is 2.38. The summed E-state index contributed by atoms with van der Waals surface area (Å²) in [5.74, 6) is -1.52. The standard InChI is InChI=1S/C21H39N3O4/c1-10-21(11-2,22-8)20(28)23-17(14(5)6)18(25)24(9)16(13(3)4)12-15(7)19(26)27/h12-14,16-17,22H,10-11H2,1-9H3,(H,23,28)(H,26,27)/b15-12+/t16-,17?/m1/s1. The van der Waals surface area contributed by atoms with Crippen LogP contribution in [0.3, 0.4) is 0 Å². The predicted octanol–water partition coefficient (Wildman–Crippen LogP) is 2.42. The number of rotatable bonds is 11. The number of aliphatic carboxylic acids is 1. The molecule has 7 heteroatoms. The molecule has 2 amide bonds. The zero-order valence-corrected chi connectivity index (χ0v) is 18.9. The van der Waals surface area contributed by atoms with Crippen LogP contribution in [0.2, 0.25) is 0 Å². The van der Waals surface area contributed by atoms with E-state index in [9.17, 15) is 19.5 Å². The summed E-state index contributed by atoms with van der Waals surface area (Å²) in [4.78, 5) is 38.9. The maximum absolute atomic E-state index is 13.2. The number of nitrogens with one attached hydrogen (secondary N) is 2. The molecule has 0 aliphatic carbocycles. The van der Waals surface area contributed by atoms with Crippen molar-refractivity contribution in [2.75, 3.05) is 14.1 Å². The van der Waals surface area contributed by atoms with E-state index in [1.54, 1.807) is 25.1 Å². The van der Waals surface area contributed by atoms with Crippen LogP contribution in [0.4, 0.5) is 0 Å². The Morgan fingerprint density at radius 2 is 1.57 bits per heavy atom. The molecule has 162 valence electrons. The van der Waals surface area contributed by atoms with Gasteiger partial charge in [-0.05, 0) is 38.6 Å². The lowest BCUT2D eigenvalue weighted by atomic mass is 9.90. The van der Waals surface area contributed by atoms with Crippen LogP contribution in [-0.4, -0.2) is 59.5 Å². The summed E-state index contributed by atoms with van der Waals surface area (Å²) in [7, 11) is 3.41. The van der Waals surface area contributed by atoms with Gasteiger partial charge in [0, 0.05) is 12.6 Å². The molecular weight excluding hydrogens is 358 g/mol. The Labute approximate surface area is 169 Å². The van der Waals surface area contributed by atoms with Gasteiger partial charge in [-0.15, -0.1) is 0 Å². The third-order valence-electron chi connectivity index (χ3n) is 5.58. The van der Waals surface area contributed by atoms with Crippen LogP contribution in [0, 0.1) is 11.8 Å². The summed E-state index contributed by atoms with van der Waals surface area (Å²) in [5.41, 5.74) is -0.530. The molecule has 0 bridgehead atoms. The van der Waals surface area contributed by atoms with Crippen LogP contribution in [0.1, 0.15) is 61.3 Å². The van der Waals surface area contributed by atoms with Gasteiger partial charge in [0.2, 0.25) is 11.8 Å². The van der Waals surface area contributed by atoms with Crippen molar-refractivity contribution in [2.45, 2.75) is 78.9 Å². The van der Waals surface area contributed by atoms with Gasteiger partial charge in [0.1, 0.15) is 6.04 Å². The van der Waals surface area contributed by atoms with Crippen molar-refractivity contribution in [1.29, 1.82) is 0 Å². The van der Waals surface area contributed by atoms with Gasteiger partial charge in [-0.3, -0.25) is 9.59 Å². The number of nitrogens with zero attached hydrogens (tertiary/aromatic N) is 1. The molecule has 1 unspecified atom stereocenters. The van der Waals surface area contributed by atoms with Crippen molar-refractivity contribution >= 4 is 17.8 Å². The minimum Gasteiger partial charge on any atom is -0.478 e. The summed E-state index contributed by atoms with van der Waals surface area (Å²) in [6.07, 6.45) is 2.81. The molecule has 0 aliphatic rings. The van der Waals surface area contributed by atoms with Gasteiger partial charge in [-0.2, -0.15) is 0 Å². The fourth-order valence-corrected chi connectivity index (χ4v) is 3.28. The SMILES string of the molecule is CCC(CC)(NC)C(=O)NC(C(=O)N(C)[C@H](/C=C(\C)C(=O)O)C(C)C)C(C)C. The lowest BCUT2D eigenvalue weighted by molar-refractivity contribution is -0.140. The zero-order chi connectivity index (χ0) is 22.2. The predicted molar refractivity (Wildman–Crippen MR) is 112 cm³/mol. The molecule has 0 aromatic heterocycles. The molecule has 0 aromatic carbocycles. The summed E-state index contributed by atoms with van der Waals surface area (Å²) >= 11 is 0. The highest BCUT2D eigenvalue weighted by molar-refractivity contribution is 5.92. The van der Waals surface area contributed by atoms with Gasteiger partial charge in [-0.1, -0.05) is 47.6 Å². The lowest BCUT2D eigenvalue weighted by Gasteiger charge is -2.36. The fraction of sp³-hybridized carbons (Fsp3) is 0.762. The first-order valence-electron chi connectivity index (χ1n) is 10.1. The number of carbonyl (C=O) groups excluding carboxylic acids is 2. The maximum atomic E-state index is 13.2. The number of carboxylic acids is 1. The smallest absolute Gasteiger partial charge is 0.331 e. The van der Waals surface area contributed by atoms with Crippen molar-refractivity contribution in [3.8, 4) is 0 Å². The van der Waals surface area contributed by atoms with Gasteiger partial charge in [0.05, 0.1) is 11.6 Å². The molecule has 0 aliphatic heterocycles. The van der Waals surface area contributed by atoms with Crippen LogP contribution in [0.5, 0.6) is 0 Å². The molecule has 0 saturated carbocycles. The zero-order valence-electron chi connectivity index (χ0n) is 18.9. The Morgan fingerprint density at radius 1 is 1.07 bits per heavy atom. The highest BCUT2D eigenvalue weighted by Crippen LogP contribution is 2.19. The van der Waals surface area contributed by atoms with Crippen LogP contribution >= 0.6 is 0 Å². The topological polar surface area (TPSA) is 98.7 Å². The van der Waals surface area contributed by atoms with E-state index in [4.69, 9.17) is 0 Å². The van der Waals surface area contributed by atoms with E-state index in [0.29, 0.717) is 12.8 Å². The second-order valence-corrected chi connectivity index (χ2v) is 8.07.